The number of anilines is 1. The van der Waals surface area contributed by atoms with Gasteiger partial charge in [-0.2, -0.15) is 4.52 Å². The Morgan fingerprint density at radius 1 is 0.968 bits per heavy atom. The maximum Gasteiger partial charge on any atom is 0.230 e. The summed E-state index contributed by atoms with van der Waals surface area (Å²) in [6, 6.07) is 15.1. The van der Waals surface area contributed by atoms with Gasteiger partial charge in [0, 0.05) is 31.9 Å². The highest BCUT2D eigenvalue weighted by atomic mass is 32.1. The summed E-state index contributed by atoms with van der Waals surface area (Å²) >= 11 is 1.49. The van der Waals surface area contributed by atoms with E-state index in [1.54, 1.807) is 0 Å². The average molecular weight is 438 g/mol. The molecule has 2 aromatic carbocycles. The Labute approximate surface area is 184 Å². The largest absolute Gasteiger partial charge is 0.492 e. The number of aromatic nitrogens is 3. The van der Waals surface area contributed by atoms with Gasteiger partial charge in [-0.1, -0.05) is 41.2 Å². The summed E-state index contributed by atoms with van der Waals surface area (Å²) in [5, 5.41) is 15.3. The van der Waals surface area contributed by atoms with Gasteiger partial charge in [0.15, 0.2) is 0 Å². The van der Waals surface area contributed by atoms with Gasteiger partial charge in [0.25, 0.3) is 0 Å². The first kappa shape index (κ1) is 20.0. The highest BCUT2D eigenvalue weighted by Crippen LogP contribution is 2.40. The summed E-state index contributed by atoms with van der Waals surface area (Å²) in [5.41, 5.74) is 3.37. The molecule has 0 unspecified atom stereocenters. The molecule has 3 heterocycles. The topological polar surface area (TPSA) is 56.9 Å². The fraction of sp³-hybridized carbons (Fsp3) is 0.304. The van der Waals surface area contributed by atoms with Crippen LogP contribution in [0.15, 0.2) is 48.5 Å². The van der Waals surface area contributed by atoms with E-state index in [1.807, 2.05) is 19.1 Å². The van der Waals surface area contributed by atoms with Gasteiger partial charge in [-0.05, 0) is 43.7 Å². The quantitative estimate of drug-likeness (QED) is 0.520. The van der Waals surface area contributed by atoms with E-state index in [2.05, 4.69) is 51.1 Å². The first-order valence-electron chi connectivity index (χ1n) is 10.4. The average Bonchev–Trinajstić information content (AvgIpc) is 3.28. The SMILES string of the molecule is Cc1ccc([C@@H](c2sc3nc(C)nn3c2O)N2CCN(c3ccc(F)cc3)CC2)cc1. The van der Waals surface area contributed by atoms with Crippen molar-refractivity contribution in [3.05, 3.63) is 76.2 Å². The number of benzene rings is 2. The van der Waals surface area contributed by atoms with E-state index in [0.717, 1.165) is 42.3 Å². The van der Waals surface area contributed by atoms with Crippen molar-refractivity contribution in [2.45, 2.75) is 19.9 Å². The first-order valence-corrected chi connectivity index (χ1v) is 11.2. The Morgan fingerprint density at radius 2 is 1.65 bits per heavy atom. The molecule has 4 aromatic rings. The highest BCUT2D eigenvalue weighted by Gasteiger charge is 2.31. The number of hydrogen-bond acceptors (Lipinski definition) is 6. The van der Waals surface area contributed by atoms with Gasteiger partial charge < -0.3 is 10.0 Å². The van der Waals surface area contributed by atoms with Gasteiger partial charge in [-0.25, -0.2) is 9.37 Å². The molecule has 1 atom stereocenters. The molecule has 1 saturated heterocycles. The molecule has 5 rings (SSSR count). The summed E-state index contributed by atoms with van der Waals surface area (Å²) in [6.07, 6.45) is 0. The van der Waals surface area contributed by atoms with Crippen LogP contribution < -0.4 is 4.90 Å². The zero-order valence-electron chi connectivity index (χ0n) is 17.5. The summed E-state index contributed by atoms with van der Waals surface area (Å²) in [4.78, 5) is 10.7. The fourth-order valence-corrected chi connectivity index (χ4v) is 5.36. The summed E-state index contributed by atoms with van der Waals surface area (Å²) < 4.78 is 14.8. The Bertz CT molecular complexity index is 1190. The molecular formula is C23H24FN5OS. The molecule has 1 aliphatic rings. The van der Waals surface area contributed by atoms with Crippen LogP contribution in [0, 0.1) is 19.7 Å². The second-order valence-electron chi connectivity index (χ2n) is 7.96. The van der Waals surface area contributed by atoms with Gasteiger partial charge in [0.2, 0.25) is 10.8 Å². The lowest BCUT2D eigenvalue weighted by Gasteiger charge is -2.40. The number of rotatable bonds is 4. The van der Waals surface area contributed by atoms with Crippen molar-refractivity contribution in [3.63, 3.8) is 0 Å². The van der Waals surface area contributed by atoms with Gasteiger partial charge in [-0.15, -0.1) is 5.10 Å². The summed E-state index contributed by atoms with van der Waals surface area (Å²) in [7, 11) is 0. The Morgan fingerprint density at radius 3 is 2.29 bits per heavy atom. The van der Waals surface area contributed by atoms with Crippen molar-refractivity contribution in [3.8, 4) is 5.88 Å². The molecule has 0 bridgehead atoms. The summed E-state index contributed by atoms with van der Waals surface area (Å²) in [5.74, 6) is 0.587. The fourth-order valence-electron chi connectivity index (χ4n) is 4.19. The van der Waals surface area contributed by atoms with Crippen LogP contribution in [-0.2, 0) is 0 Å². The smallest absolute Gasteiger partial charge is 0.230 e. The molecule has 0 aliphatic carbocycles. The van der Waals surface area contributed by atoms with Gasteiger partial charge in [0.1, 0.15) is 11.6 Å². The van der Waals surface area contributed by atoms with Gasteiger partial charge >= 0.3 is 0 Å². The van der Waals surface area contributed by atoms with Crippen LogP contribution in [0.25, 0.3) is 4.96 Å². The van der Waals surface area contributed by atoms with Crippen molar-refractivity contribution in [2.24, 2.45) is 0 Å². The van der Waals surface area contributed by atoms with Crippen LogP contribution in [0.5, 0.6) is 5.88 Å². The van der Waals surface area contributed by atoms with Crippen LogP contribution >= 0.6 is 11.3 Å². The van der Waals surface area contributed by atoms with Crippen LogP contribution in [0.3, 0.4) is 0 Å². The minimum absolute atomic E-state index is 0.0789. The number of nitrogens with zero attached hydrogens (tertiary/aromatic N) is 5. The number of hydrogen-bond donors (Lipinski definition) is 1. The van der Waals surface area contributed by atoms with Crippen LogP contribution in [0.1, 0.15) is 27.9 Å². The van der Waals surface area contributed by atoms with E-state index in [-0.39, 0.29) is 17.7 Å². The number of fused-ring (bicyclic) bond motifs is 1. The van der Waals surface area contributed by atoms with Crippen molar-refractivity contribution in [2.75, 3.05) is 31.1 Å². The number of aromatic hydroxyl groups is 1. The third kappa shape index (κ3) is 3.77. The second-order valence-corrected chi connectivity index (χ2v) is 8.97. The third-order valence-electron chi connectivity index (χ3n) is 5.82. The van der Waals surface area contributed by atoms with Crippen molar-refractivity contribution in [1.82, 2.24) is 19.5 Å². The molecule has 8 heteroatoms. The van der Waals surface area contributed by atoms with Crippen molar-refractivity contribution < 1.29 is 9.50 Å². The lowest BCUT2D eigenvalue weighted by molar-refractivity contribution is 0.211. The number of piperazine rings is 1. The molecule has 0 saturated carbocycles. The zero-order valence-corrected chi connectivity index (χ0v) is 18.3. The molecule has 0 spiro atoms. The molecule has 1 aliphatic heterocycles. The Hall–Kier alpha value is -2.97. The lowest BCUT2D eigenvalue weighted by Crippen LogP contribution is -2.47. The molecule has 31 heavy (non-hydrogen) atoms. The summed E-state index contributed by atoms with van der Waals surface area (Å²) in [6.45, 7) is 7.20. The first-order chi connectivity index (χ1) is 15.0. The van der Waals surface area contributed by atoms with E-state index in [4.69, 9.17) is 0 Å². The van der Waals surface area contributed by atoms with E-state index in [9.17, 15) is 9.50 Å². The predicted molar refractivity (Wildman–Crippen MR) is 120 cm³/mol. The standard InChI is InChI=1S/C23H24FN5OS/c1-15-3-5-17(6-4-15)20(21-22(30)29-23(31-21)25-16(2)26-29)28-13-11-27(12-14-28)19-9-7-18(24)8-10-19/h3-10,20,30H,11-14H2,1-2H3/t20-/m0/s1. The molecule has 1 N–H and O–H groups in total. The highest BCUT2D eigenvalue weighted by molar-refractivity contribution is 7.17. The molecule has 2 aromatic heterocycles. The van der Waals surface area contributed by atoms with Crippen LogP contribution in [-0.4, -0.2) is 50.8 Å². The molecule has 160 valence electrons. The third-order valence-corrected chi connectivity index (χ3v) is 6.89. The number of halogens is 1. The van der Waals surface area contributed by atoms with Crippen LogP contribution in [0.4, 0.5) is 10.1 Å². The van der Waals surface area contributed by atoms with E-state index in [0.29, 0.717) is 10.8 Å². The number of aryl methyl sites for hydroxylation is 2. The predicted octanol–water partition coefficient (Wildman–Crippen LogP) is 4.16. The lowest BCUT2D eigenvalue weighted by atomic mass is 10.0. The molecule has 1 fully saturated rings. The zero-order chi connectivity index (χ0) is 21.5. The van der Waals surface area contributed by atoms with Crippen LogP contribution in [0.2, 0.25) is 0 Å². The molecule has 0 radical (unpaired) electrons. The van der Waals surface area contributed by atoms with Crippen molar-refractivity contribution >= 4 is 22.0 Å². The van der Waals surface area contributed by atoms with E-state index in [1.165, 1.54) is 33.5 Å². The monoisotopic (exact) mass is 437 g/mol. The minimum Gasteiger partial charge on any atom is -0.492 e. The molecule has 6 nitrogen and oxygen atoms in total. The molecule has 0 amide bonds. The Kier molecular flexibility index (Phi) is 5.11. The maximum absolute atomic E-state index is 13.3. The Balaban J connectivity index is 1.46. The van der Waals surface area contributed by atoms with E-state index >= 15 is 0 Å². The van der Waals surface area contributed by atoms with Gasteiger partial charge in [0.05, 0.1) is 10.9 Å². The minimum atomic E-state index is -0.219. The second kappa shape index (κ2) is 7.94. The molecular weight excluding hydrogens is 413 g/mol. The van der Waals surface area contributed by atoms with Gasteiger partial charge in [-0.3, -0.25) is 4.90 Å². The maximum atomic E-state index is 13.3. The van der Waals surface area contributed by atoms with E-state index < -0.39 is 0 Å². The normalized spacial score (nSPS) is 16.2. The van der Waals surface area contributed by atoms with Crippen molar-refractivity contribution in [1.29, 1.82) is 0 Å². The number of thiazole rings is 1.